The predicted molar refractivity (Wildman–Crippen MR) is 169 cm³/mol. The smallest absolute Gasteiger partial charge is 0.414 e. The van der Waals surface area contributed by atoms with Crippen LogP contribution in [-0.4, -0.2) is 87.7 Å². The number of likely N-dealkylation sites (N-methyl/N-ethyl adjacent to an activating group) is 2. The third-order valence-corrected chi connectivity index (χ3v) is 8.29. The number of fused-ring (bicyclic) bond motifs is 1. The van der Waals surface area contributed by atoms with Gasteiger partial charge in [0.1, 0.15) is 6.61 Å². The molecule has 0 aromatic heterocycles. The van der Waals surface area contributed by atoms with E-state index in [-0.39, 0.29) is 17.9 Å². The second kappa shape index (κ2) is 12.1. The number of anilines is 4. The minimum absolute atomic E-state index is 0.0351. The van der Waals surface area contributed by atoms with E-state index in [0.29, 0.717) is 47.4 Å². The van der Waals surface area contributed by atoms with Crippen molar-refractivity contribution < 1.29 is 19.1 Å². The molecule has 43 heavy (non-hydrogen) atoms. The first kappa shape index (κ1) is 28.7. The highest BCUT2D eigenvalue weighted by Crippen LogP contribution is 2.39. The van der Waals surface area contributed by atoms with Gasteiger partial charge in [0.25, 0.3) is 5.91 Å². The van der Waals surface area contributed by atoms with Gasteiger partial charge in [-0.05, 0) is 61.1 Å². The molecular weight excluding hydrogens is 568 g/mol. The van der Waals surface area contributed by atoms with Crippen molar-refractivity contribution in [1.82, 2.24) is 9.80 Å². The van der Waals surface area contributed by atoms with Gasteiger partial charge in [-0.25, -0.2) is 4.79 Å². The van der Waals surface area contributed by atoms with Crippen LogP contribution in [0.1, 0.15) is 11.1 Å². The van der Waals surface area contributed by atoms with Crippen LogP contribution in [0.25, 0.3) is 11.3 Å². The second-order valence-electron chi connectivity index (χ2n) is 10.9. The van der Waals surface area contributed by atoms with Crippen molar-refractivity contribution in [3.8, 4) is 0 Å². The molecule has 2 saturated heterocycles. The van der Waals surface area contributed by atoms with Crippen molar-refractivity contribution in [3.05, 3.63) is 82.9 Å². The number of rotatable bonds is 7. The fraction of sp³-hybridized carbons (Fsp3) is 0.281. The van der Waals surface area contributed by atoms with Crippen molar-refractivity contribution in [2.24, 2.45) is 0 Å². The SMILES string of the molecule is CN1CCN(CC(=O)N(C)c2ccc(NC(=C3C(=O)Nc4cc(Cl)ccc43)c3ccc(N4CCOC4=O)cc3)cc2)CC1. The van der Waals surface area contributed by atoms with Crippen molar-refractivity contribution in [2.45, 2.75) is 0 Å². The molecule has 3 heterocycles. The zero-order valence-electron chi connectivity index (χ0n) is 24.1. The topological polar surface area (TPSA) is 97.5 Å². The number of nitrogens with one attached hydrogen (secondary N) is 2. The van der Waals surface area contributed by atoms with E-state index in [1.165, 1.54) is 0 Å². The summed E-state index contributed by atoms with van der Waals surface area (Å²) in [6.07, 6.45) is -0.377. The third kappa shape index (κ3) is 6.08. The molecule has 3 amide bonds. The number of ether oxygens (including phenoxy) is 1. The summed E-state index contributed by atoms with van der Waals surface area (Å²) in [4.78, 5) is 46.1. The Labute approximate surface area is 255 Å². The highest BCUT2D eigenvalue weighted by molar-refractivity contribution is 6.38. The minimum atomic E-state index is -0.377. The summed E-state index contributed by atoms with van der Waals surface area (Å²) in [5.41, 5.74) is 5.44. The largest absolute Gasteiger partial charge is 0.447 e. The van der Waals surface area contributed by atoms with Gasteiger partial charge in [-0.3, -0.25) is 19.4 Å². The molecule has 0 atom stereocenters. The summed E-state index contributed by atoms with van der Waals surface area (Å²) in [6, 6.07) is 20.3. The van der Waals surface area contributed by atoms with Gasteiger partial charge < -0.3 is 25.2 Å². The number of benzene rings is 3. The van der Waals surface area contributed by atoms with E-state index in [9.17, 15) is 14.4 Å². The van der Waals surface area contributed by atoms with E-state index in [2.05, 4.69) is 27.5 Å². The van der Waals surface area contributed by atoms with Gasteiger partial charge in [0.2, 0.25) is 5.91 Å². The maximum absolute atomic E-state index is 13.3. The minimum Gasteiger partial charge on any atom is -0.447 e. The molecule has 0 aliphatic carbocycles. The summed E-state index contributed by atoms with van der Waals surface area (Å²) in [5.74, 6) is -0.217. The Hall–Kier alpha value is -4.38. The zero-order valence-corrected chi connectivity index (χ0v) is 24.9. The molecule has 11 heteroatoms. The lowest BCUT2D eigenvalue weighted by Crippen LogP contribution is -2.48. The lowest BCUT2D eigenvalue weighted by atomic mass is 9.99. The molecule has 6 rings (SSSR count). The van der Waals surface area contributed by atoms with Crippen LogP contribution in [0.4, 0.5) is 27.5 Å². The molecule has 2 fully saturated rings. The summed E-state index contributed by atoms with van der Waals surface area (Å²) < 4.78 is 5.08. The molecule has 0 saturated carbocycles. The molecule has 0 unspecified atom stereocenters. The molecule has 3 aromatic rings. The maximum atomic E-state index is 13.3. The molecule has 0 spiro atoms. The van der Waals surface area contributed by atoms with Crippen LogP contribution in [0.5, 0.6) is 0 Å². The number of amides is 3. The van der Waals surface area contributed by atoms with E-state index < -0.39 is 0 Å². The number of halogens is 1. The second-order valence-corrected chi connectivity index (χ2v) is 11.3. The number of hydrogen-bond donors (Lipinski definition) is 2. The highest BCUT2D eigenvalue weighted by Gasteiger charge is 2.29. The van der Waals surface area contributed by atoms with Crippen molar-refractivity contribution in [2.75, 3.05) is 80.4 Å². The van der Waals surface area contributed by atoms with E-state index >= 15 is 0 Å². The average molecular weight is 601 g/mol. The highest BCUT2D eigenvalue weighted by atomic mass is 35.5. The zero-order chi connectivity index (χ0) is 30.1. The number of carbonyl (C=O) groups is 3. The molecular formula is C32H33ClN6O4. The van der Waals surface area contributed by atoms with Crippen LogP contribution in [0.2, 0.25) is 5.02 Å². The summed E-state index contributed by atoms with van der Waals surface area (Å²) in [5, 5.41) is 6.89. The van der Waals surface area contributed by atoms with Gasteiger partial charge in [0, 0.05) is 60.9 Å². The standard InChI is InChI=1S/C32H33ClN6O4/c1-36-13-15-38(16-14-36)20-28(40)37(2)24-10-6-23(7-11-24)34-30(29-26-12-5-22(33)19-27(26)35-31(29)41)21-3-8-25(9-4-21)39-17-18-43-32(39)42/h3-12,19,34H,13-18,20H2,1-2H3,(H,35,41). The van der Waals surface area contributed by atoms with Gasteiger partial charge in [0.05, 0.1) is 30.0 Å². The molecule has 222 valence electrons. The molecule has 3 aromatic carbocycles. The van der Waals surface area contributed by atoms with Crippen LogP contribution in [0, 0.1) is 0 Å². The van der Waals surface area contributed by atoms with Crippen LogP contribution in [-0.2, 0) is 14.3 Å². The first-order chi connectivity index (χ1) is 20.8. The molecule has 10 nitrogen and oxygen atoms in total. The average Bonchev–Trinajstić information content (AvgIpc) is 3.58. The normalized spacial score (nSPS) is 18.3. The van der Waals surface area contributed by atoms with E-state index in [4.69, 9.17) is 16.3 Å². The van der Waals surface area contributed by atoms with Gasteiger partial charge >= 0.3 is 6.09 Å². The number of hydrogen-bond acceptors (Lipinski definition) is 7. The Morgan fingerprint density at radius 1 is 0.977 bits per heavy atom. The predicted octanol–water partition coefficient (Wildman–Crippen LogP) is 4.44. The van der Waals surface area contributed by atoms with Crippen LogP contribution in [0.3, 0.4) is 0 Å². The molecule has 3 aliphatic heterocycles. The van der Waals surface area contributed by atoms with E-state index in [1.807, 2.05) is 54.6 Å². The van der Waals surface area contributed by atoms with E-state index in [0.717, 1.165) is 48.7 Å². The van der Waals surface area contributed by atoms with E-state index in [1.54, 1.807) is 29.0 Å². The fourth-order valence-corrected chi connectivity index (χ4v) is 5.64. The van der Waals surface area contributed by atoms with Gasteiger partial charge in [-0.15, -0.1) is 0 Å². The van der Waals surface area contributed by atoms with Crippen molar-refractivity contribution in [3.63, 3.8) is 0 Å². The Balaban J connectivity index is 1.27. The number of piperazine rings is 1. The molecule has 0 bridgehead atoms. The quantitative estimate of drug-likeness (QED) is 0.387. The van der Waals surface area contributed by atoms with Crippen LogP contribution in [0.15, 0.2) is 66.7 Å². The lowest BCUT2D eigenvalue weighted by molar-refractivity contribution is -0.119. The Morgan fingerprint density at radius 2 is 1.70 bits per heavy atom. The Morgan fingerprint density at radius 3 is 2.37 bits per heavy atom. The van der Waals surface area contributed by atoms with Crippen molar-refractivity contribution in [1.29, 1.82) is 0 Å². The number of carbonyl (C=O) groups excluding carboxylic acids is 3. The van der Waals surface area contributed by atoms with Crippen molar-refractivity contribution >= 4 is 63.5 Å². The number of cyclic esters (lactones) is 1. The van der Waals surface area contributed by atoms with Gasteiger partial charge in [-0.2, -0.15) is 0 Å². The maximum Gasteiger partial charge on any atom is 0.414 e. The molecule has 3 aliphatic rings. The monoisotopic (exact) mass is 600 g/mol. The summed E-state index contributed by atoms with van der Waals surface area (Å²) in [7, 11) is 3.88. The van der Waals surface area contributed by atoms with Gasteiger partial charge in [0.15, 0.2) is 0 Å². The first-order valence-electron chi connectivity index (χ1n) is 14.2. The summed E-state index contributed by atoms with van der Waals surface area (Å²) >= 11 is 6.20. The Bertz CT molecular complexity index is 1580. The Kier molecular flexibility index (Phi) is 8.07. The van der Waals surface area contributed by atoms with Crippen LogP contribution >= 0.6 is 11.6 Å². The summed E-state index contributed by atoms with van der Waals surface area (Å²) in [6.45, 7) is 4.88. The first-order valence-corrected chi connectivity index (χ1v) is 14.6. The molecule has 2 N–H and O–H groups in total. The third-order valence-electron chi connectivity index (χ3n) is 8.06. The van der Waals surface area contributed by atoms with Crippen LogP contribution < -0.4 is 20.4 Å². The lowest BCUT2D eigenvalue weighted by Gasteiger charge is -2.32. The number of nitrogens with zero attached hydrogens (tertiary/aromatic N) is 4. The molecule has 0 radical (unpaired) electrons. The van der Waals surface area contributed by atoms with Gasteiger partial charge in [-0.1, -0.05) is 29.8 Å². The fourth-order valence-electron chi connectivity index (χ4n) is 5.47.